The Morgan fingerprint density at radius 2 is 1.85 bits per heavy atom. The Bertz CT molecular complexity index is 1460. The Labute approximate surface area is 232 Å². The quantitative estimate of drug-likeness (QED) is 0.383. The lowest BCUT2D eigenvalue weighted by Crippen LogP contribution is -2.48. The maximum atomic E-state index is 13.0. The topological polar surface area (TPSA) is 118 Å². The molecule has 1 fully saturated rings. The van der Waals surface area contributed by atoms with Crippen LogP contribution in [0.3, 0.4) is 0 Å². The van der Waals surface area contributed by atoms with Gasteiger partial charge in [-0.3, -0.25) is 25.0 Å². The zero-order valence-electron chi connectivity index (χ0n) is 23.2. The molecule has 5 rings (SSSR count). The zero-order valence-corrected chi connectivity index (χ0v) is 24.0. The van der Waals surface area contributed by atoms with E-state index in [0.29, 0.717) is 33.9 Å². The monoisotopic (exact) mass is 546 g/mol. The molecule has 1 N–H and O–H groups in total. The molecule has 4 aromatic heterocycles. The van der Waals surface area contributed by atoms with Crippen LogP contribution in [0.2, 0.25) is 0 Å². The first-order chi connectivity index (χ1) is 18.6. The average Bonchev–Trinajstić information content (AvgIpc) is 3.59. The van der Waals surface area contributed by atoms with Crippen molar-refractivity contribution in [3.63, 3.8) is 0 Å². The molecule has 0 saturated carbocycles. The number of piperazine rings is 1. The van der Waals surface area contributed by atoms with Gasteiger partial charge in [0.2, 0.25) is 5.13 Å². The van der Waals surface area contributed by atoms with E-state index in [9.17, 15) is 4.79 Å². The summed E-state index contributed by atoms with van der Waals surface area (Å²) in [5.41, 5.74) is 4.25. The van der Waals surface area contributed by atoms with Crippen LogP contribution in [0.4, 0.5) is 10.8 Å². The highest BCUT2D eigenvalue weighted by molar-refractivity contribution is 7.09. The maximum absolute atomic E-state index is 13.0. The molecule has 11 nitrogen and oxygen atoms in total. The van der Waals surface area contributed by atoms with Crippen LogP contribution in [0.5, 0.6) is 0 Å². The lowest BCUT2D eigenvalue weighted by Gasteiger charge is -2.38. The molecule has 0 aromatic carbocycles. The lowest BCUT2D eigenvalue weighted by molar-refractivity contribution is 0.102. The normalized spacial score (nSPS) is 14.7. The van der Waals surface area contributed by atoms with E-state index in [-0.39, 0.29) is 11.3 Å². The molecule has 0 bridgehead atoms. The molecule has 1 saturated heterocycles. The third-order valence-electron chi connectivity index (χ3n) is 6.81. The second-order valence-corrected chi connectivity index (χ2v) is 11.8. The largest absolute Gasteiger partial charge is 0.368 e. The number of rotatable bonds is 6. The van der Waals surface area contributed by atoms with Crippen molar-refractivity contribution in [1.82, 2.24) is 39.2 Å². The van der Waals surface area contributed by atoms with Crippen LogP contribution in [-0.2, 0) is 5.41 Å². The molecule has 4 aromatic rings. The van der Waals surface area contributed by atoms with Gasteiger partial charge in [-0.2, -0.15) is 4.37 Å². The molecule has 39 heavy (non-hydrogen) atoms. The van der Waals surface area contributed by atoms with Crippen LogP contribution in [-0.4, -0.2) is 77.3 Å². The molecule has 0 unspecified atom stereocenters. The van der Waals surface area contributed by atoms with Gasteiger partial charge in [-0.05, 0) is 32.9 Å². The van der Waals surface area contributed by atoms with Gasteiger partial charge in [-0.25, -0.2) is 9.67 Å². The molecule has 5 heterocycles. The average molecular weight is 547 g/mol. The summed E-state index contributed by atoms with van der Waals surface area (Å²) in [6, 6.07) is 4.42. The Morgan fingerprint density at radius 1 is 1.08 bits per heavy atom. The van der Waals surface area contributed by atoms with Gasteiger partial charge in [0.25, 0.3) is 5.91 Å². The minimum Gasteiger partial charge on any atom is -0.368 e. The minimum atomic E-state index is -0.310. The highest BCUT2D eigenvalue weighted by Gasteiger charge is 2.22. The molecule has 0 aliphatic carbocycles. The van der Waals surface area contributed by atoms with E-state index in [1.807, 2.05) is 40.1 Å². The summed E-state index contributed by atoms with van der Waals surface area (Å²) in [7, 11) is 0. The molecule has 1 aliphatic rings. The van der Waals surface area contributed by atoms with Gasteiger partial charge in [-0.15, -0.1) is 5.10 Å². The second kappa shape index (κ2) is 10.8. The summed E-state index contributed by atoms with van der Waals surface area (Å²) < 4.78 is 6.00. The Hall–Kier alpha value is -3.77. The first kappa shape index (κ1) is 26.8. The fourth-order valence-electron chi connectivity index (χ4n) is 4.38. The van der Waals surface area contributed by atoms with Crippen molar-refractivity contribution in [3.8, 4) is 16.9 Å². The molecular formula is C27H34N10OS. The van der Waals surface area contributed by atoms with Crippen molar-refractivity contribution in [2.24, 2.45) is 0 Å². The number of pyridine rings is 2. The first-order valence-corrected chi connectivity index (χ1v) is 13.8. The smallest absolute Gasteiger partial charge is 0.259 e. The third kappa shape index (κ3) is 5.96. The Kier molecular flexibility index (Phi) is 7.41. The van der Waals surface area contributed by atoms with Crippen molar-refractivity contribution in [2.75, 3.05) is 36.4 Å². The molecule has 0 radical (unpaired) electrons. The summed E-state index contributed by atoms with van der Waals surface area (Å²) in [6.07, 6.45) is 7.08. The predicted molar refractivity (Wildman–Crippen MR) is 153 cm³/mol. The molecule has 12 heteroatoms. The van der Waals surface area contributed by atoms with Crippen LogP contribution in [0, 0.1) is 6.92 Å². The number of anilines is 2. The predicted octanol–water partition coefficient (Wildman–Crippen LogP) is 3.96. The van der Waals surface area contributed by atoms with Gasteiger partial charge in [0.1, 0.15) is 11.5 Å². The summed E-state index contributed by atoms with van der Waals surface area (Å²) in [6.45, 7) is 16.4. The van der Waals surface area contributed by atoms with Crippen molar-refractivity contribution < 1.29 is 4.79 Å². The molecule has 0 spiro atoms. The fraction of sp³-hybridized carbons (Fsp3) is 0.444. The minimum absolute atomic E-state index is 0.194. The van der Waals surface area contributed by atoms with E-state index < -0.39 is 0 Å². The van der Waals surface area contributed by atoms with Crippen LogP contribution < -0.4 is 10.2 Å². The van der Waals surface area contributed by atoms with E-state index >= 15 is 0 Å². The fourth-order valence-corrected chi connectivity index (χ4v) is 5.13. The number of aryl methyl sites for hydroxylation is 1. The Morgan fingerprint density at radius 3 is 2.54 bits per heavy atom. The second-order valence-electron chi connectivity index (χ2n) is 11.1. The highest BCUT2D eigenvalue weighted by Crippen LogP contribution is 2.26. The summed E-state index contributed by atoms with van der Waals surface area (Å²) in [5.74, 6) is 0.382. The maximum Gasteiger partial charge on any atom is 0.259 e. The van der Waals surface area contributed by atoms with Gasteiger partial charge in [0.15, 0.2) is 0 Å². The van der Waals surface area contributed by atoms with Crippen molar-refractivity contribution >= 4 is 28.3 Å². The van der Waals surface area contributed by atoms with E-state index in [1.165, 1.54) is 0 Å². The number of hydrogen-bond donors (Lipinski definition) is 1. The van der Waals surface area contributed by atoms with Crippen molar-refractivity contribution in [3.05, 3.63) is 54.0 Å². The van der Waals surface area contributed by atoms with E-state index in [1.54, 1.807) is 23.1 Å². The number of hydrogen-bond acceptors (Lipinski definition) is 10. The Balaban J connectivity index is 1.33. The van der Waals surface area contributed by atoms with Crippen molar-refractivity contribution in [2.45, 2.75) is 53.0 Å². The lowest BCUT2D eigenvalue weighted by atomic mass is 9.96. The number of carbonyl (C=O) groups excluding carboxylic acids is 1. The SMILES string of the molecule is Cc1ncc(C(=O)Nc2nc(C(C)(C)C)ns2)cc1-n1cc(-c2cncc(N3CCN(C(C)C)CC3)c2)nn1. The standard InChI is InChI=1S/C27H34N10OS/c1-17(2)35-7-9-36(10-8-35)21-11-19(13-28-15-21)22-16-37(34-32-22)23-12-20(14-29-18(23)3)24(38)30-26-31-25(33-39-26)27(4,5)6/h11-17H,7-10H2,1-6H3,(H,30,31,33,38). The zero-order chi connectivity index (χ0) is 27.7. The number of amides is 1. The number of aromatic nitrogens is 7. The molecular weight excluding hydrogens is 512 g/mol. The van der Waals surface area contributed by atoms with E-state index in [4.69, 9.17) is 0 Å². The van der Waals surface area contributed by atoms with Gasteiger partial charge < -0.3 is 4.90 Å². The number of nitrogens with one attached hydrogen (secondary N) is 1. The van der Waals surface area contributed by atoms with Gasteiger partial charge in [-0.1, -0.05) is 26.0 Å². The number of carbonyl (C=O) groups is 1. The van der Waals surface area contributed by atoms with Crippen LogP contribution in [0.25, 0.3) is 16.9 Å². The first-order valence-electron chi connectivity index (χ1n) is 13.1. The summed E-state index contributed by atoms with van der Waals surface area (Å²) in [5, 5.41) is 12.0. The van der Waals surface area contributed by atoms with Crippen molar-refractivity contribution in [1.29, 1.82) is 0 Å². The highest BCUT2D eigenvalue weighted by atomic mass is 32.1. The van der Waals surface area contributed by atoms with Gasteiger partial charge in [0, 0.05) is 67.1 Å². The van der Waals surface area contributed by atoms with Gasteiger partial charge in [0.05, 0.1) is 35.0 Å². The molecule has 1 aliphatic heterocycles. The summed E-state index contributed by atoms with van der Waals surface area (Å²) >= 11 is 1.16. The number of nitrogens with zero attached hydrogens (tertiary/aromatic N) is 9. The third-order valence-corrected chi connectivity index (χ3v) is 7.44. The molecule has 0 atom stereocenters. The molecule has 1 amide bonds. The van der Waals surface area contributed by atoms with Crippen LogP contribution in [0.15, 0.2) is 36.9 Å². The van der Waals surface area contributed by atoms with Crippen LogP contribution >= 0.6 is 11.5 Å². The van der Waals surface area contributed by atoms with E-state index in [2.05, 4.69) is 64.7 Å². The summed E-state index contributed by atoms with van der Waals surface area (Å²) in [4.78, 5) is 31.2. The van der Waals surface area contributed by atoms with Crippen LogP contribution in [0.1, 0.15) is 56.5 Å². The van der Waals surface area contributed by atoms with E-state index in [0.717, 1.165) is 54.7 Å². The van der Waals surface area contributed by atoms with Gasteiger partial charge >= 0.3 is 0 Å². The molecule has 204 valence electrons.